The van der Waals surface area contributed by atoms with Gasteiger partial charge in [0.25, 0.3) is 5.91 Å². The zero-order chi connectivity index (χ0) is 16.7. The van der Waals surface area contributed by atoms with E-state index in [0.29, 0.717) is 17.1 Å². The second-order valence-corrected chi connectivity index (χ2v) is 5.17. The van der Waals surface area contributed by atoms with Crippen molar-refractivity contribution in [2.45, 2.75) is 26.7 Å². The average Bonchev–Trinajstić information content (AvgIpc) is 2.56. The van der Waals surface area contributed by atoms with Crippen molar-refractivity contribution in [2.24, 2.45) is 0 Å². The molecule has 0 bridgehead atoms. The third kappa shape index (κ3) is 4.88. The van der Waals surface area contributed by atoms with E-state index in [4.69, 9.17) is 0 Å². The molecule has 6 heteroatoms. The lowest BCUT2D eigenvalue weighted by atomic mass is 10.1. The van der Waals surface area contributed by atoms with Gasteiger partial charge >= 0.3 is 0 Å². The lowest BCUT2D eigenvalue weighted by Crippen LogP contribution is -2.15. The molecule has 0 saturated carbocycles. The van der Waals surface area contributed by atoms with Crippen molar-refractivity contribution in [1.82, 2.24) is 10.2 Å². The van der Waals surface area contributed by atoms with E-state index < -0.39 is 0 Å². The summed E-state index contributed by atoms with van der Waals surface area (Å²) in [5.41, 5.74) is 1.44. The van der Waals surface area contributed by atoms with Gasteiger partial charge in [0, 0.05) is 17.8 Å². The van der Waals surface area contributed by atoms with Crippen molar-refractivity contribution in [1.29, 1.82) is 0 Å². The molecule has 2 aromatic rings. The predicted molar refractivity (Wildman–Crippen MR) is 89.8 cm³/mol. The van der Waals surface area contributed by atoms with E-state index in [9.17, 15) is 9.59 Å². The number of ketones is 1. The first-order valence-corrected chi connectivity index (χ1v) is 7.60. The Kier molecular flexibility index (Phi) is 5.80. The Balaban J connectivity index is 1.96. The van der Waals surface area contributed by atoms with Crippen LogP contribution in [-0.4, -0.2) is 28.4 Å². The number of amides is 1. The normalized spacial score (nSPS) is 10.2. The number of rotatable bonds is 7. The van der Waals surface area contributed by atoms with Crippen LogP contribution in [0.5, 0.6) is 0 Å². The summed E-state index contributed by atoms with van der Waals surface area (Å²) in [7, 11) is 0. The van der Waals surface area contributed by atoms with Crippen LogP contribution in [0.15, 0.2) is 36.4 Å². The maximum Gasteiger partial charge on any atom is 0.276 e. The molecule has 1 aromatic heterocycles. The maximum atomic E-state index is 12.1. The Labute approximate surface area is 135 Å². The minimum Gasteiger partial charge on any atom is -0.369 e. The van der Waals surface area contributed by atoms with Crippen LogP contribution in [0.1, 0.15) is 47.5 Å². The first kappa shape index (κ1) is 16.6. The molecular formula is C17H20N4O2. The highest BCUT2D eigenvalue weighted by atomic mass is 16.2. The minimum atomic E-state index is -0.340. The van der Waals surface area contributed by atoms with Crippen molar-refractivity contribution in [3.05, 3.63) is 47.7 Å². The van der Waals surface area contributed by atoms with Gasteiger partial charge in [0.15, 0.2) is 11.5 Å². The maximum absolute atomic E-state index is 12.1. The number of unbranched alkanes of at least 4 members (excludes halogenated alkanes) is 1. The van der Waals surface area contributed by atoms with Crippen molar-refractivity contribution in [3.8, 4) is 0 Å². The topological polar surface area (TPSA) is 84.0 Å². The number of nitrogens with one attached hydrogen (secondary N) is 2. The minimum absolute atomic E-state index is 0.0140. The van der Waals surface area contributed by atoms with Gasteiger partial charge in [-0.25, -0.2) is 0 Å². The first-order chi connectivity index (χ1) is 11.1. The summed E-state index contributed by atoms with van der Waals surface area (Å²) in [6.45, 7) is 4.45. The standard InChI is InChI=1S/C17H20N4O2/c1-3-4-11-18-16-10-9-15(20-21-16)17(23)19-14-7-5-13(6-8-14)12(2)22/h5-10H,3-4,11H2,1-2H3,(H,18,21)(H,19,23). The van der Waals surface area contributed by atoms with Gasteiger partial charge < -0.3 is 10.6 Å². The zero-order valence-corrected chi connectivity index (χ0v) is 13.3. The van der Waals surface area contributed by atoms with Crippen LogP contribution in [0.25, 0.3) is 0 Å². The molecule has 0 radical (unpaired) electrons. The molecule has 23 heavy (non-hydrogen) atoms. The molecule has 1 heterocycles. The molecule has 1 aromatic carbocycles. The number of carbonyl (C=O) groups excluding carboxylic acids is 2. The lowest BCUT2D eigenvalue weighted by Gasteiger charge is -2.06. The molecule has 2 N–H and O–H groups in total. The van der Waals surface area contributed by atoms with Crippen LogP contribution < -0.4 is 10.6 Å². The molecule has 0 saturated heterocycles. The SMILES string of the molecule is CCCCNc1ccc(C(=O)Nc2ccc(C(C)=O)cc2)nn1. The summed E-state index contributed by atoms with van der Waals surface area (Å²) in [6.07, 6.45) is 2.16. The highest BCUT2D eigenvalue weighted by Crippen LogP contribution is 2.11. The molecule has 0 unspecified atom stereocenters. The number of carbonyl (C=O) groups is 2. The Morgan fingerprint density at radius 3 is 2.35 bits per heavy atom. The van der Waals surface area contributed by atoms with Gasteiger partial charge in [0.1, 0.15) is 5.82 Å². The molecule has 0 atom stereocenters. The highest BCUT2D eigenvalue weighted by molar-refractivity contribution is 6.03. The first-order valence-electron chi connectivity index (χ1n) is 7.60. The van der Waals surface area contributed by atoms with Crippen LogP contribution in [0.3, 0.4) is 0 Å². The van der Waals surface area contributed by atoms with E-state index in [0.717, 1.165) is 19.4 Å². The van der Waals surface area contributed by atoms with Crippen LogP contribution in [0, 0.1) is 0 Å². The molecule has 0 aliphatic carbocycles. The van der Waals surface area contributed by atoms with Crippen molar-refractivity contribution in [3.63, 3.8) is 0 Å². The molecule has 1 amide bonds. The number of hydrogen-bond donors (Lipinski definition) is 2. The van der Waals surface area contributed by atoms with Gasteiger partial charge in [-0.1, -0.05) is 13.3 Å². The number of benzene rings is 1. The van der Waals surface area contributed by atoms with E-state index in [1.807, 2.05) is 0 Å². The van der Waals surface area contributed by atoms with Crippen molar-refractivity contribution >= 4 is 23.2 Å². The smallest absolute Gasteiger partial charge is 0.276 e. The molecule has 2 rings (SSSR count). The Hall–Kier alpha value is -2.76. The Morgan fingerprint density at radius 1 is 1.04 bits per heavy atom. The Bertz CT molecular complexity index is 666. The van der Waals surface area contributed by atoms with Gasteiger partial charge in [0.05, 0.1) is 0 Å². The summed E-state index contributed by atoms with van der Waals surface area (Å²) in [4.78, 5) is 23.3. The van der Waals surface area contributed by atoms with Gasteiger partial charge in [-0.15, -0.1) is 10.2 Å². The largest absolute Gasteiger partial charge is 0.369 e. The number of hydrogen-bond acceptors (Lipinski definition) is 5. The van der Waals surface area contributed by atoms with Crippen LogP contribution >= 0.6 is 0 Å². The van der Waals surface area contributed by atoms with Crippen LogP contribution in [-0.2, 0) is 0 Å². The molecule has 0 aliphatic rings. The fourth-order valence-electron chi connectivity index (χ4n) is 1.92. The number of nitrogens with zero attached hydrogens (tertiary/aromatic N) is 2. The molecular weight excluding hydrogens is 292 g/mol. The summed E-state index contributed by atoms with van der Waals surface area (Å²) in [5, 5.41) is 13.8. The summed E-state index contributed by atoms with van der Waals surface area (Å²) in [6, 6.07) is 10.1. The molecule has 120 valence electrons. The summed E-state index contributed by atoms with van der Waals surface area (Å²) >= 11 is 0. The quantitative estimate of drug-likeness (QED) is 0.606. The highest BCUT2D eigenvalue weighted by Gasteiger charge is 2.09. The molecule has 0 aliphatic heterocycles. The summed E-state index contributed by atoms with van der Waals surface area (Å²) < 4.78 is 0. The van der Waals surface area contributed by atoms with Gasteiger partial charge in [-0.3, -0.25) is 9.59 Å². The third-order valence-corrected chi connectivity index (χ3v) is 3.28. The number of anilines is 2. The van der Waals surface area contributed by atoms with E-state index in [1.165, 1.54) is 6.92 Å². The number of Topliss-reactive ketones (excluding diaryl/α,β-unsaturated/α-hetero) is 1. The van der Waals surface area contributed by atoms with Crippen molar-refractivity contribution < 1.29 is 9.59 Å². The van der Waals surface area contributed by atoms with Crippen LogP contribution in [0.2, 0.25) is 0 Å². The van der Waals surface area contributed by atoms with E-state index in [-0.39, 0.29) is 17.4 Å². The second kappa shape index (κ2) is 8.03. The monoisotopic (exact) mass is 312 g/mol. The zero-order valence-electron chi connectivity index (χ0n) is 13.3. The Morgan fingerprint density at radius 2 is 1.78 bits per heavy atom. The number of aromatic nitrogens is 2. The van der Waals surface area contributed by atoms with Crippen molar-refractivity contribution in [2.75, 3.05) is 17.2 Å². The fourth-order valence-corrected chi connectivity index (χ4v) is 1.92. The van der Waals surface area contributed by atoms with Crippen LogP contribution in [0.4, 0.5) is 11.5 Å². The van der Waals surface area contributed by atoms with Gasteiger partial charge in [-0.05, 0) is 49.7 Å². The third-order valence-electron chi connectivity index (χ3n) is 3.28. The second-order valence-electron chi connectivity index (χ2n) is 5.17. The van der Waals surface area contributed by atoms with Gasteiger partial charge in [0.2, 0.25) is 0 Å². The molecule has 6 nitrogen and oxygen atoms in total. The predicted octanol–water partition coefficient (Wildman–Crippen LogP) is 3.14. The summed E-state index contributed by atoms with van der Waals surface area (Å²) in [5.74, 6) is 0.300. The molecule has 0 fully saturated rings. The fraction of sp³-hybridized carbons (Fsp3) is 0.294. The van der Waals surface area contributed by atoms with E-state index in [2.05, 4.69) is 27.8 Å². The van der Waals surface area contributed by atoms with E-state index in [1.54, 1.807) is 36.4 Å². The lowest BCUT2D eigenvalue weighted by molar-refractivity contribution is 0.101. The molecule has 0 spiro atoms. The van der Waals surface area contributed by atoms with Gasteiger partial charge in [-0.2, -0.15) is 0 Å². The van der Waals surface area contributed by atoms with E-state index >= 15 is 0 Å². The average molecular weight is 312 g/mol.